The lowest BCUT2D eigenvalue weighted by atomic mass is 10.2. The number of benzene rings is 3. The molecule has 0 bridgehead atoms. The van der Waals surface area contributed by atoms with Crippen LogP contribution in [0.5, 0.6) is 11.5 Å². The van der Waals surface area contributed by atoms with Gasteiger partial charge in [-0.25, -0.2) is 4.79 Å². The molecule has 2 heterocycles. The van der Waals surface area contributed by atoms with Crippen molar-refractivity contribution in [2.24, 2.45) is 5.10 Å². The molecule has 0 saturated heterocycles. The normalized spacial score (nSPS) is 12.2. The van der Waals surface area contributed by atoms with E-state index in [0.717, 1.165) is 5.56 Å². The third-order valence-corrected chi connectivity index (χ3v) is 6.74. The molecule has 0 radical (unpaired) electrons. The largest absolute Gasteiger partial charge is 0.490 e. The molecule has 0 saturated carbocycles. The predicted octanol–water partition coefficient (Wildman–Crippen LogP) is 5.03. The van der Waals surface area contributed by atoms with Gasteiger partial charge in [0.15, 0.2) is 5.82 Å². The highest BCUT2D eigenvalue weighted by atomic mass is 35.5. The topological polar surface area (TPSA) is 112 Å². The van der Waals surface area contributed by atoms with Crippen molar-refractivity contribution in [1.29, 1.82) is 0 Å². The molecule has 39 heavy (non-hydrogen) atoms. The fraction of sp³-hybridized carbons (Fsp3) is 0.143. The van der Waals surface area contributed by atoms with E-state index in [-0.39, 0.29) is 19.0 Å². The first kappa shape index (κ1) is 26.5. The molecule has 198 valence electrons. The van der Waals surface area contributed by atoms with Crippen molar-refractivity contribution in [3.05, 3.63) is 112 Å². The zero-order valence-electron chi connectivity index (χ0n) is 20.5. The van der Waals surface area contributed by atoms with E-state index in [2.05, 4.69) is 15.3 Å². The number of hydrogen-bond donors (Lipinski definition) is 1. The highest BCUT2D eigenvalue weighted by Gasteiger charge is 2.16. The van der Waals surface area contributed by atoms with Crippen molar-refractivity contribution in [3.63, 3.8) is 0 Å². The second-order valence-electron chi connectivity index (χ2n) is 8.31. The number of nitrogens with zero attached hydrogens (tertiary/aromatic N) is 4. The summed E-state index contributed by atoms with van der Waals surface area (Å²) in [7, 11) is 0. The maximum absolute atomic E-state index is 11.9. The Morgan fingerprint density at radius 3 is 2.62 bits per heavy atom. The average Bonchev–Trinajstić information content (AvgIpc) is 3.35. The SMILES string of the molecule is O=c1cc(OCC(O)CSc2nnc(COc3ccccc3)n2/N=C/c2ccc(Cl)cc2)c2ccccc2o1. The second-order valence-corrected chi connectivity index (χ2v) is 9.73. The molecule has 3 aromatic carbocycles. The number of aromatic nitrogens is 3. The highest BCUT2D eigenvalue weighted by molar-refractivity contribution is 7.99. The summed E-state index contributed by atoms with van der Waals surface area (Å²) in [6.07, 6.45) is 0.803. The fourth-order valence-corrected chi connectivity index (χ4v) is 4.47. The van der Waals surface area contributed by atoms with Gasteiger partial charge < -0.3 is 19.0 Å². The van der Waals surface area contributed by atoms with Gasteiger partial charge in [0.2, 0.25) is 5.16 Å². The quantitative estimate of drug-likeness (QED) is 0.135. The Morgan fingerprint density at radius 2 is 1.79 bits per heavy atom. The van der Waals surface area contributed by atoms with Gasteiger partial charge in [0.1, 0.15) is 30.3 Å². The van der Waals surface area contributed by atoms with E-state index in [9.17, 15) is 9.90 Å². The van der Waals surface area contributed by atoms with Gasteiger partial charge in [0.05, 0.1) is 23.8 Å². The molecule has 9 nitrogen and oxygen atoms in total. The number of rotatable bonds is 11. The van der Waals surface area contributed by atoms with E-state index >= 15 is 0 Å². The molecule has 5 rings (SSSR count). The predicted molar refractivity (Wildman–Crippen MR) is 150 cm³/mol. The minimum Gasteiger partial charge on any atom is -0.490 e. The third-order valence-electron chi connectivity index (χ3n) is 5.43. The summed E-state index contributed by atoms with van der Waals surface area (Å²) in [6, 6.07) is 24.9. The van der Waals surface area contributed by atoms with Crippen LogP contribution in [-0.4, -0.2) is 44.7 Å². The van der Waals surface area contributed by atoms with Crippen LogP contribution in [0.25, 0.3) is 11.0 Å². The summed E-state index contributed by atoms with van der Waals surface area (Å²) in [5, 5.41) is 25.4. The van der Waals surface area contributed by atoms with Crippen molar-refractivity contribution in [1.82, 2.24) is 14.9 Å². The molecule has 1 atom stereocenters. The van der Waals surface area contributed by atoms with E-state index in [1.54, 1.807) is 41.2 Å². The Balaban J connectivity index is 1.28. The zero-order valence-corrected chi connectivity index (χ0v) is 22.1. The van der Waals surface area contributed by atoms with Gasteiger partial charge >= 0.3 is 5.63 Å². The monoisotopic (exact) mass is 562 g/mol. The molecule has 2 aromatic heterocycles. The van der Waals surface area contributed by atoms with Gasteiger partial charge in [-0.1, -0.05) is 65.8 Å². The van der Waals surface area contributed by atoms with Crippen LogP contribution < -0.4 is 15.1 Å². The van der Waals surface area contributed by atoms with Crippen LogP contribution in [0, 0.1) is 0 Å². The Morgan fingerprint density at radius 1 is 1.03 bits per heavy atom. The number of fused-ring (bicyclic) bond motifs is 1. The van der Waals surface area contributed by atoms with E-state index in [4.69, 9.17) is 25.5 Å². The molecule has 0 fully saturated rings. The van der Waals surface area contributed by atoms with Crippen LogP contribution in [0.15, 0.2) is 104 Å². The summed E-state index contributed by atoms with van der Waals surface area (Å²) in [6.45, 7) is 0.109. The van der Waals surface area contributed by atoms with Gasteiger partial charge in [-0.15, -0.1) is 10.2 Å². The maximum Gasteiger partial charge on any atom is 0.339 e. The summed E-state index contributed by atoms with van der Waals surface area (Å²) < 4.78 is 18.4. The van der Waals surface area contributed by atoms with Crippen molar-refractivity contribution >= 4 is 40.5 Å². The Hall–Kier alpha value is -4.12. The average molecular weight is 563 g/mol. The second kappa shape index (κ2) is 12.6. The van der Waals surface area contributed by atoms with E-state index in [1.807, 2.05) is 48.5 Å². The van der Waals surface area contributed by atoms with Gasteiger partial charge in [-0.2, -0.15) is 9.78 Å². The molecule has 0 aliphatic rings. The van der Waals surface area contributed by atoms with Crippen LogP contribution in [-0.2, 0) is 6.61 Å². The Labute approximate surface area is 232 Å². The molecule has 11 heteroatoms. The molecule has 0 amide bonds. The van der Waals surface area contributed by atoms with E-state index < -0.39 is 11.7 Å². The van der Waals surface area contributed by atoms with Gasteiger partial charge in [-0.3, -0.25) is 0 Å². The lowest BCUT2D eigenvalue weighted by Crippen LogP contribution is -2.21. The highest BCUT2D eigenvalue weighted by Crippen LogP contribution is 2.24. The number of halogens is 1. The standard InChI is InChI=1S/C28H23ClN4O5S/c29-20-12-10-19(11-13-20)15-30-33-26(17-36-22-6-2-1-3-7-22)31-32-28(33)39-18-21(34)16-37-25-14-27(35)38-24-9-5-4-8-23(24)25/h1-15,21,34H,16-18H2/b30-15+. The molecular weight excluding hydrogens is 540 g/mol. The number of aliphatic hydroxyl groups excluding tert-OH is 1. The number of ether oxygens (including phenoxy) is 2. The molecule has 1 unspecified atom stereocenters. The maximum atomic E-state index is 11.9. The van der Waals surface area contributed by atoms with E-state index in [0.29, 0.717) is 38.5 Å². The minimum absolute atomic E-state index is 0.0351. The molecular formula is C28H23ClN4O5S. The number of aliphatic hydroxyl groups is 1. The molecule has 0 aliphatic heterocycles. The Bertz CT molecular complexity index is 1620. The summed E-state index contributed by atoms with van der Waals surface area (Å²) in [5.74, 6) is 1.77. The summed E-state index contributed by atoms with van der Waals surface area (Å²) in [5.41, 5.74) is 0.734. The first-order chi connectivity index (χ1) is 19.0. The molecule has 0 spiro atoms. The zero-order chi connectivity index (χ0) is 27.0. The third kappa shape index (κ3) is 7.05. The Kier molecular flexibility index (Phi) is 8.57. The van der Waals surface area contributed by atoms with Crippen molar-refractivity contribution in [3.8, 4) is 11.5 Å². The number of thioether (sulfide) groups is 1. The lowest BCUT2D eigenvalue weighted by Gasteiger charge is -2.13. The van der Waals surface area contributed by atoms with Gasteiger partial charge in [0.25, 0.3) is 0 Å². The number of hydrogen-bond acceptors (Lipinski definition) is 9. The van der Waals surface area contributed by atoms with Crippen molar-refractivity contribution in [2.45, 2.75) is 17.9 Å². The van der Waals surface area contributed by atoms with Crippen LogP contribution in [0.4, 0.5) is 0 Å². The number of para-hydroxylation sites is 2. The van der Waals surface area contributed by atoms with Crippen LogP contribution in [0.2, 0.25) is 5.02 Å². The summed E-state index contributed by atoms with van der Waals surface area (Å²) in [4.78, 5) is 11.9. The van der Waals surface area contributed by atoms with Crippen LogP contribution in [0.3, 0.4) is 0 Å². The first-order valence-corrected chi connectivity index (χ1v) is 13.3. The summed E-state index contributed by atoms with van der Waals surface area (Å²) >= 11 is 7.26. The molecule has 5 aromatic rings. The van der Waals surface area contributed by atoms with Crippen LogP contribution >= 0.6 is 23.4 Å². The van der Waals surface area contributed by atoms with Crippen molar-refractivity contribution < 1.29 is 19.0 Å². The van der Waals surface area contributed by atoms with E-state index in [1.165, 1.54) is 17.8 Å². The smallest absolute Gasteiger partial charge is 0.339 e. The van der Waals surface area contributed by atoms with Gasteiger partial charge in [-0.05, 0) is 42.0 Å². The van der Waals surface area contributed by atoms with Gasteiger partial charge in [0, 0.05) is 10.8 Å². The first-order valence-electron chi connectivity index (χ1n) is 11.9. The van der Waals surface area contributed by atoms with Crippen LogP contribution in [0.1, 0.15) is 11.4 Å². The molecule has 0 aliphatic carbocycles. The lowest BCUT2D eigenvalue weighted by molar-refractivity contribution is 0.127. The molecule has 1 N–H and O–H groups in total. The minimum atomic E-state index is -0.865. The fourth-order valence-electron chi connectivity index (χ4n) is 3.54. The van der Waals surface area contributed by atoms with Crippen molar-refractivity contribution in [2.75, 3.05) is 12.4 Å².